The first-order valence-electron chi connectivity index (χ1n) is 3.67. The molecule has 0 saturated heterocycles. The van der Waals surface area contributed by atoms with Crippen molar-refractivity contribution in [2.45, 2.75) is 0 Å². The largest absolute Gasteiger partial charge is 0.482 e. The fourth-order valence-electron chi connectivity index (χ4n) is 0.749. The molecule has 0 spiro atoms. The van der Waals surface area contributed by atoms with Crippen LogP contribution in [0.5, 0.6) is 5.75 Å². The van der Waals surface area contributed by atoms with Crippen LogP contribution in [0.1, 0.15) is 0 Å². The molecule has 1 aromatic rings. The Morgan fingerprint density at radius 3 is 2.57 bits per heavy atom. The monoisotopic (exact) mass is 213 g/mol. The van der Waals surface area contributed by atoms with Crippen LogP contribution in [0.3, 0.4) is 0 Å². The average Bonchev–Trinajstić information content (AvgIpc) is 2.17. The van der Waals surface area contributed by atoms with E-state index in [9.17, 15) is 9.59 Å². The SMILES string of the molecule is O=[C]OC(=O)COc1ccc(Cl)cc1. The van der Waals surface area contributed by atoms with Gasteiger partial charge in [0.1, 0.15) is 5.75 Å². The van der Waals surface area contributed by atoms with Crippen LogP contribution >= 0.6 is 11.6 Å². The molecule has 0 aromatic heterocycles. The second-order valence-electron chi connectivity index (χ2n) is 2.30. The van der Waals surface area contributed by atoms with Crippen molar-refractivity contribution < 1.29 is 19.1 Å². The van der Waals surface area contributed by atoms with Crippen LogP contribution in [0.15, 0.2) is 24.3 Å². The van der Waals surface area contributed by atoms with Crippen LogP contribution < -0.4 is 4.74 Å². The van der Waals surface area contributed by atoms with Crippen molar-refractivity contribution >= 4 is 24.0 Å². The van der Waals surface area contributed by atoms with E-state index in [1.54, 1.807) is 24.3 Å². The Balaban J connectivity index is 2.41. The first kappa shape index (κ1) is 10.5. The number of rotatable bonds is 4. The maximum absolute atomic E-state index is 10.6. The van der Waals surface area contributed by atoms with Crippen LogP contribution in [0, 0.1) is 0 Å². The van der Waals surface area contributed by atoms with Gasteiger partial charge in [0.05, 0.1) is 0 Å². The lowest BCUT2D eigenvalue weighted by molar-refractivity contribution is -0.137. The van der Waals surface area contributed by atoms with E-state index in [4.69, 9.17) is 16.3 Å². The van der Waals surface area contributed by atoms with Crippen molar-refractivity contribution in [1.82, 2.24) is 0 Å². The normalized spacial score (nSPS) is 9.21. The number of hydrogen-bond acceptors (Lipinski definition) is 4. The van der Waals surface area contributed by atoms with Gasteiger partial charge in [-0.15, -0.1) is 0 Å². The summed E-state index contributed by atoms with van der Waals surface area (Å²) in [5.41, 5.74) is 0. The van der Waals surface area contributed by atoms with E-state index >= 15 is 0 Å². The minimum Gasteiger partial charge on any atom is -0.482 e. The summed E-state index contributed by atoms with van der Waals surface area (Å²) in [6.07, 6.45) is 0. The highest BCUT2D eigenvalue weighted by molar-refractivity contribution is 6.30. The van der Waals surface area contributed by atoms with Gasteiger partial charge < -0.3 is 9.47 Å². The zero-order chi connectivity index (χ0) is 10.4. The fraction of sp³-hybridized carbons (Fsp3) is 0.111. The molecule has 0 aliphatic carbocycles. The van der Waals surface area contributed by atoms with Crippen LogP contribution in [0.4, 0.5) is 0 Å². The molecule has 5 heteroatoms. The van der Waals surface area contributed by atoms with Gasteiger partial charge in [0.25, 0.3) is 0 Å². The molecule has 0 N–H and O–H groups in total. The Kier molecular flexibility index (Phi) is 3.94. The molecular formula is C9H6ClO4. The summed E-state index contributed by atoms with van der Waals surface area (Å²) >= 11 is 5.63. The summed E-state index contributed by atoms with van der Waals surface area (Å²) in [7, 11) is 0. The smallest absolute Gasteiger partial charge is 0.425 e. The highest BCUT2D eigenvalue weighted by Crippen LogP contribution is 2.15. The molecule has 0 aliphatic rings. The van der Waals surface area contributed by atoms with Gasteiger partial charge in [0, 0.05) is 5.02 Å². The Bertz CT molecular complexity index is 320. The Labute approximate surface area is 85.4 Å². The molecule has 4 nitrogen and oxygen atoms in total. The van der Waals surface area contributed by atoms with E-state index in [0.29, 0.717) is 10.8 Å². The molecular weight excluding hydrogens is 208 g/mol. The summed E-state index contributed by atoms with van der Waals surface area (Å²) < 4.78 is 8.86. The topological polar surface area (TPSA) is 52.6 Å². The van der Waals surface area contributed by atoms with E-state index in [-0.39, 0.29) is 6.61 Å². The molecule has 1 rings (SSSR count). The molecule has 73 valence electrons. The molecule has 0 bridgehead atoms. The van der Waals surface area contributed by atoms with Crippen molar-refractivity contribution in [3.05, 3.63) is 29.3 Å². The first-order chi connectivity index (χ1) is 6.72. The van der Waals surface area contributed by atoms with E-state index in [2.05, 4.69) is 4.74 Å². The molecule has 0 atom stereocenters. The fourth-order valence-corrected chi connectivity index (χ4v) is 0.875. The second-order valence-corrected chi connectivity index (χ2v) is 2.74. The number of carbonyl (C=O) groups excluding carboxylic acids is 2. The number of esters is 1. The Hall–Kier alpha value is -1.55. The standard InChI is InChI=1S/C9H6ClO4/c10-7-1-3-8(4-2-7)13-5-9(12)14-6-11/h1-4H,5H2. The third-order valence-corrected chi connectivity index (χ3v) is 1.58. The lowest BCUT2D eigenvalue weighted by atomic mass is 10.3. The average molecular weight is 214 g/mol. The van der Waals surface area contributed by atoms with E-state index in [0.717, 1.165) is 6.47 Å². The molecule has 0 unspecified atom stereocenters. The van der Waals surface area contributed by atoms with Gasteiger partial charge >= 0.3 is 12.4 Å². The van der Waals surface area contributed by atoms with Gasteiger partial charge in [-0.05, 0) is 24.3 Å². The second kappa shape index (κ2) is 5.24. The molecule has 0 fully saturated rings. The quantitative estimate of drug-likeness (QED) is 0.559. The summed E-state index contributed by atoms with van der Waals surface area (Å²) in [5, 5.41) is 0.571. The Morgan fingerprint density at radius 1 is 1.36 bits per heavy atom. The lowest BCUT2D eigenvalue weighted by Gasteiger charge is -2.02. The van der Waals surface area contributed by atoms with Gasteiger partial charge in [0.15, 0.2) is 6.61 Å². The van der Waals surface area contributed by atoms with E-state index < -0.39 is 5.97 Å². The van der Waals surface area contributed by atoms with Gasteiger partial charge in [0.2, 0.25) is 0 Å². The van der Waals surface area contributed by atoms with Crippen molar-refractivity contribution in [2.24, 2.45) is 0 Å². The molecule has 0 aliphatic heterocycles. The van der Waals surface area contributed by atoms with Gasteiger partial charge in [-0.1, -0.05) is 11.6 Å². The maximum atomic E-state index is 10.6. The number of carbonyl (C=O) groups is 1. The zero-order valence-corrected chi connectivity index (χ0v) is 7.78. The van der Waals surface area contributed by atoms with Crippen molar-refractivity contribution in [3.8, 4) is 5.75 Å². The van der Waals surface area contributed by atoms with Crippen molar-refractivity contribution in [1.29, 1.82) is 0 Å². The third-order valence-electron chi connectivity index (χ3n) is 1.33. The molecule has 1 radical (unpaired) electrons. The van der Waals surface area contributed by atoms with Crippen molar-refractivity contribution in [2.75, 3.05) is 6.61 Å². The molecule has 1 aromatic carbocycles. The number of hydrogen-bond donors (Lipinski definition) is 0. The summed E-state index contributed by atoms with van der Waals surface area (Å²) in [6, 6.07) is 6.43. The van der Waals surface area contributed by atoms with Crippen LogP contribution in [0.2, 0.25) is 5.02 Å². The van der Waals surface area contributed by atoms with Crippen LogP contribution in [-0.2, 0) is 14.3 Å². The van der Waals surface area contributed by atoms with Crippen LogP contribution in [0.25, 0.3) is 0 Å². The highest BCUT2D eigenvalue weighted by atomic mass is 35.5. The molecule has 0 amide bonds. The summed E-state index contributed by atoms with van der Waals surface area (Å²) in [6.45, 7) is 0.676. The number of halogens is 1. The lowest BCUT2D eigenvalue weighted by Crippen LogP contribution is -2.13. The van der Waals surface area contributed by atoms with Crippen molar-refractivity contribution in [3.63, 3.8) is 0 Å². The minimum atomic E-state index is -0.796. The predicted octanol–water partition coefficient (Wildman–Crippen LogP) is 1.33. The summed E-state index contributed by atoms with van der Waals surface area (Å²) in [5.74, 6) is -0.327. The first-order valence-corrected chi connectivity index (χ1v) is 4.05. The molecule has 14 heavy (non-hydrogen) atoms. The number of ether oxygens (including phenoxy) is 2. The predicted molar refractivity (Wildman–Crippen MR) is 48.7 cm³/mol. The zero-order valence-electron chi connectivity index (χ0n) is 7.03. The van der Waals surface area contributed by atoms with Gasteiger partial charge in [-0.2, -0.15) is 0 Å². The third kappa shape index (κ3) is 3.45. The van der Waals surface area contributed by atoms with E-state index in [1.807, 2.05) is 0 Å². The highest BCUT2D eigenvalue weighted by Gasteiger charge is 2.03. The molecule has 0 saturated carbocycles. The maximum Gasteiger partial charge on any atom is 0.425 e. The minimum absolute atomic E-state index is 0.336. The van der Waals surface area contributed by atoms with E-state index in [1.165, 1.54) is 0 Å². The summed E-state index contributed by atoms with van der Waals surface area (Å²) in [4.78, 5) is 20.3. The van der Waals surface area contributed by atoms with Gasteiger partial charge in [-0.25, -0.2) is 9.59 Å². The Morgan fingerprint density at radius 2 is 2.00 bits per heavy atom. The van der Waals surface area contributed by atoms with Gasteiger partial charge in [-0.3, -0.25) is 0 Å². The van der Waals surface area contributed by atoms with Crippen LogP contribution in [-0.4, -0.2) is 19.0 Å². The molecule has 0 heterocycles. The number of benzene rings is 1.